The molecule has 0 saturated carbocycles. The Morgan fingerprint density at radius 1 is 1.08 bits per heavy atom. The van der Waals surface area contributed by atoms with Gasteiger partial charge in [-0.2, -0.15) is 0 Å². The summed E-state index contributed by atoms with van der Waals surface area (Å²) in [5, 5.41) is 11.6. The fourth-order valence-electron chi connectivity index (χ4n) is 5.37. The normalized spacial score (nSPS) is 21.6. The van der Waals surface area contributed by atoms with Gasteiger partial charge in [0.2, 0.25) is 0 Å². The fourth-order valence-corrected chi connectivity index (χ4v) is 5.37. The zero-order valence-corrected chi connectivity index (χ0v) is 23.0. The van der Waals surface area contributed by atoms with Gasteiger partial charge in [-0.3, -0.25) is 9.59 Å². The number of rotatable bonds is 7. The van der Waals surface area contributed by atoms with Crippen molar-refractivity contribution in [2.24, 2.45) is 0 Å². The number of aryl methyl sites for hydroxylation is 1. The lowest BCUT2D eigenvalue weighted by Crippen LogP contribution is -2.36. The molecule has 0 radical (unpaired) electrons. The SMILES string of the molecule is CCN(CC)c1ccc(C2/C(=C(\O)c3cc(C(C)(C)C)ccc3C)C(=O)C(=O)N2CC2CCCO2)cc1. The average molecular weight is 505 g/mol. The third-order valence-electron chi connectivity index (χ3n) is 7.66. The minimum Gasteiger partial charge on any atom is -0.507 e. The van der Waals surface area contributed by atoms with E-state index in [1.54, 1.807) is 4.90 Å². The first kappa shape index (κ1) is 26.9. The molecule has 6 nitrogen and oxygen atoms in total. The number of anilines is 1. The van der Waals surface area contributed by atoms with Gasteiger partial charge in [-0.25, -0.2) is 0 Å². The number of hydrogen-bond donors (Lipinski definition) is 1. The van der Waals surface area contributed by atoms with Crippen LogP contribution >= 0.6 is 0 Å². The molecule has 0 spiro atoms. The van der Waals surface area contributed by atoms with Crippen LogP contribution in [-0.2, 0) is 19.7 Å². The highest BCUT2D eigenvalue weighted by atomic mass is 16.5. The largest absolute Gasteiger partial charge is 0.507 e. The van der Waals surface area contributed by atoms with Gasteiger partial charge in [0.25, 0.3) is 11.7 Å². The monoisotopic (exact) mass is 504 g/mol. The van der Waals surface area contributed by atoms with E-state index in [4.69, 9.17) is 4.74 Å². The first-order valence-corrected chi connectivity index (χ1v) is 13.4. The number of amides is 1. The van der Waals surface area contributed by atoms with Crippen LogP contribution in [0.1, 0.15) is 75.8 Å². The molecule has 2 aromatic carbocycles. The summed E-state index contributed by atoms with van der Waals surface area (Å²) in [7, 11) is 0. The van der Waals surface area contributed by atoms with Crippen molar-refractivity contribution in [1.29, 1.82) is 0 Å². The topological polar surface area (TPSA) is 70.1 Å². The second kappa shape index (κ2) is 10.7. The van der Waals surface area contributed by atoms with E-state index in [9.17, 15) is 14.7 Å². The molecule has 2 atom stereocenters. The molecule has 198 valence electrons. The predicted molar refractivity (Wildman–Crippen MR) is 148 cm³/mol. The van der Waals surface area contributed by atoms with E-state index >= 15 is 0 Å². The molecule has 2 unspecified atom stereocenters. The van der Waals surface area contributed by atoms with Crippen molar-refractivity contribution < 1.29 is 19.4 Å². The van der Waals surface area contributed by atoms with Crippen LogP contribution in [0.4, 0.5) is 5.69 Å². The highest BCUT2D eigenvalue weighted by molar-refractivity contribution is 6.46. The molecule has 37 heavy (non-hydrogen) atoms. The van der Waals surface area contributed by atoms with E-state index in [1.807, 2.05) is 49.4 Å². The molecule has 2 aliphatic heterocycles. The molecule has 0 aromatic heterocycles. The van der Waals surface area contributed by atoms with E-state index < -0.39 is 17.7 Å². The number of carbonyl (C=O) groups excluding carboxylic acids is 2. The number of carbonyl (C=O) groups is 2. The smallest absolute Gasteiger partial charge is 0.295 e. The van der Waals surface area contributed by atoms with Crippen molar-refractivity contribution >= 4 is 23.1 Å². The Kier molecular flexibility index (Phi) is 7.79. The maximum Gasteiger partial charge on any atom is 0.295 e. The quantitative estimate of drug-likeness (QED) is 0.296. The molecule has 2 heterocycles. The Morgan fingerprint density at radius 2 is 1.76 bits per heavy atom. The van der Waals surface area contributed by atoms with Crippen LogP contribution in [0.15, 0.2) is 48.0 Å². The summed E-state index contributed by atoms with van der Waals surface area (Å²) in [6.45, 7) is 15.2. The lowest BCUT2D eigenvalue weighted by molar-refractivity contribution is -0.140. The third-order valence-corrected chi connectivity index (χ3v) is 7.66. The van der Waals surface area contributed by atoms with Crippen LogP contribution in [0, 0.1) is 6.92 Å². The Morgan fingerprint density at radius 3 is 2.32 bits per heavy atom. The molecule has 0 bridgehead atoms. The molecule has 4 rings (SSSR count). The maximum atomic E-state index is 13.5. The second-order valence-corrected chi connectivity index (χ2v) is 11.1. The van der Waals surface area contributed by atoms with Crippen LogP contribution in [0.3, 0.4) is 0 Å². The first-order chi connectivity index (χ1) is 17.6. The summed E-state index contributed by atoms with van der Waals surface area (Å²) in [4.78, 5) is 30.7. The highest BCUT2D eigenvalue weighted by Crippen LogP contribution is 2.41. The van der Waals surface area contributed by atoms with E-state index in [2.05, 4.69) is 39.5 Å². The van der Waals surface area contributed by atoms with Crippen molar-refractivity contribution in [3.63, 3.8) is 0 Å². The molecule has 1 amide bonds. The van der Waals surface area contributed by atoms with Crippen LogP contribution in [0.5, 0.6) is 0 Å². The molecule has 1 N–H and O–H groups in total. The Bertz CT molecular complexity index is 1180. The van der Waals surface area contributed by atoms with Gasteiger partial charge in [0.05, 0.1) is 17.7 Å². The maximum absolute atomic E-state index is 13.5. The van der Waals surface area contributed by atoms with Gasteiger partial charge in [-0.05, 0) is 73.9 Å². The fraction of sp³-hybridized carbons (Fsp3) is 0.484. The van der Waals surface area contributed by atoms with Crippen LogP contribution in [-0.4, -0.2) is 54.0 Å². The number of hydrogen-bond acceptors (Lipinski definition) is 5. The highest BCUT2D eigenvalue weighted by Gasteiger charge is 2.47. The molecule has 2 aliphatic rings. The standard InChI is InChI=1S/C31H40N2O4/c1-7-32(8-2)23-15-12-21(13-16-23)27-26(29(35)30(36)33(27)19-24-10-9-17-37-24)28(34)25-18-22(31(4,5)6)14-11-20(25)3/h11-16,18,24,27,34H,7-10,17,19H2,1-6H3/b28-26+. The van der Waals surface area contributed by atoms with Crippen LogP contribution in [0.2, 0.25) is 0 Å². The molecular formula is C31H40N2O4. The van der Waals surface area contributed by atoms with E-state index in [0.717, 1.165) is 48.3 Å². The summed E-state index contributed by atoms with van der Waals surface area (Å²) < 4.78 is 5.82. The van der Waals surface area contributed by atoms with Gasteiger partial charge in [0.15, 0.2) is 0 Å². The number of ketones is 1. The van der Waals surface area contributed by atoms with Crippen molar-refractivity contribution in [2.75, 3.05) is 31.1 Å². The zero-order valence-electron chi connectivity index (χ0n) is 23.0. The number of Topliss-reactive ketones (excluding diaryl/α,β-unsaturated/α-hetero) is 1. The zero-order chi connectivity index (χ0) is 26.9. The van der Waals surface area contributed by atoms with Gasteiger partial charge in [-0.1, -0.05) is 45.0 Å². The number of likely N-dealkylation sites (tertiary alicyclic amines) is 1. The Balaban J connectivity index is 1.85. The minimum atomic E-state index is -0.673. The van der Waals surface area contributed by atoms with Crippen molar-refractivity contribution in [1.82, 2.24) is 4.90 Å². The number of nitrogens with zero attached hydrogens (tertiary/aromatic N) is 2. The van der Waals surface area contributed by atoms with E-state index in [-0.39, 0.29) is 22.9 Å². The lowest BCUT2D eigenvalue weighted by Gasteiger charge is -2.28. The Hall–Kier alpha value is -3.12. The Labute approximate surface area is 220 Å². The molecule has 2 fully saturated rings. The minimum absolute atomic E-state index is 0.110. The van der Waals surface area contributed by atoms with Gasteiger partial charge < -0.3 is 19.6 Å². The number of aliphatic hydroxyl groups excluding tert-OH is 1. The van der Waals surface area contributed by atoms with Crippen LogP contribution < -0.4 is 4.90 Å². The summed E-state index contributed by atoms with van der Waals surface area (Å²) in [6.07, 6.45) is 1.68. The number of ether oxygens (including phenoxy) is 1. The first-order valence-electron chi connectivity index (χ1n) is 13.4. The van der Waals surface area contributed by atoms with Gasteiger partial charge in [-0.15, -0.1) is 0 Å². The molecule has 0 aliphatic carbocycles. The van der Waals surface area contributed by atoms with Crippen molar-refractivity contribution in [3.05, 3.63) is 70.3 Å². The predicted octanol–water partition coefficient (Wildman–Crippen LogP) is 5.74. The van der Waals surface area contributed by atoms with Crippen molar-refractivity contribution in [3.8, 4) is 0 Å². The van der Waals surface area contributed by atoms with Crippen molar-refractivity contribution in [2.45, 2.75) is 71.9 Å². The lowest BCUT2D eigenvalue weighted by atomic mass is 9.84. The second-order valence-electron chi connectivity index (χ2n) is 11.1. The molecular weight excluding hydrogens is 464 g/mol. The van der Waals surface area contributed by atoms with Crippen LogP contribution in [0.25, 0.3) is 5.76 Å². The molecule has 2 aromatic rings. The van der Waals surface area contributed by atoms with E-state index in [0.29, 0.717) is 18.7 Å². The van der Waals surface area contributed by atoms with Gasteiger partial charge in [0, 0.05) is 37.5 Å². The van der Waals surface area contributed by atoms with Gasteiger partial charge >= 0.3 is 0 Å². The van der Waals surface area contributed by atoms with Gasteiger partial charge in [0.1, 0.15) is 5.76 Å². The summed E-state index contributed by atoms with van der Waals surface area (Å²) in [6, 6.07) is 13.3. The van der Waals surface area contributed by atoms with E-state index in [1.165, 1.54) is 0 Å². The number of aliphatic hydroxyl groups is 1. The summed E-state index contributed by atoms with van der Waals surface area (Å²) in [5.74, 6) is -1.34. The summed E-state index contributed by atoms with van der Waals surface area (Å²) >= 11 is 0. The average Bonchev–Trinajstić information content (AvgIpc) is 3.47. The summed E-state index contributed by atoms with van der Waals surface area (Å²) in [5.41, 5.74) is 4.40. The third kappa shape index (κ3) is 5.30. The number of benzene rings is 2. The molecule has 2 saturated heterocycles. The molecule has 6 heteroatoms.